The molecule has 0 aromatic heterocycles. The number of carbonyl (C=O) groups excluding carboxylic acids is 1. The van der Waals surface area contributed by atoms with Crippen LogP contribution in [0.3, 0.4) is 0 Å². The van der Waals surface area contributed by atoms with Gasteiger partial charge in [-0.25, -0.2) is 4.79 Å². The van der Waals surface area contributed by atoms with Crippen LogP contribution in [0.1, 0.15) is 58.3 Å². The summed E-state index contributed by atoms with van der Waals surface area (Å²) >= 11 is 0.978. The van der Waals surface area contributed by atoms with Crippen LogP contribution in [0.4, 0.5) is 4.79 Å². The smallest absolute Gasteiger partial charge is 0.404 e. The van der Waals surface area contributed by atoms with E-state index in [0.29, 0.717) is 12.2 Å². The maximum atomic E-state index is 11.5. The number of allylic oxidation sites excluding steroid dienone is 10. The molecular weight excluding hydrogens is 386 g/mol. The van der Waals surface area contributed by atoms with Gasteiger partial charge in [-0.15, -0.1) is 0 Å². The second-order valence-electron chi connectivity index (χ2n) is 6.11. The molecule has 0 unspecified atom stereocenters. The molecular formula is C23H35NO4S. The molecule has 0 aromatic rings. The molecule has 5 nitrogen and oxygen atoms in total. The fourth-order valence-electron chi connectivity index (χ4n) is 2.08. The summed E-state index contributed by atoms with van der Waals surface area (Å²) in [6.45, 7) is 2.40. The van der Waals surface area contributed by atoms with Gasteiger partial charge in [-0.05, 0) is 44.9 Å². The van der Waals surface area contributed by atoms with Crippen molar-refractivity contribution >= 4 is 24.1 Å². The number of unbranched alkanes of at least 4 members (excludes halogenated alkanes) is 1. The van der Waals surface area contributed by atoms with Crippen molar-refractivity contribution in [3.8, 4) is 0 Å². The highest BCUT2D eigenvalue weighted by Crippen LogP contribution is 2.07. The zero-order valence-electron chi connectivity index (χ0n) is 17.4. The van der Waals surface area contributed by atoms with Crippen LogP contribution in [0.5, 0.6) is 0 Å². The molecule has 0 spiro atoms. The lowest BCUT2D eigenvalue weighted by Crippen LogP contribution is -2.23. The number of rotatable bonds is 17. The van der Waals surface area contributed by atoms with E-state index in [4.69, 9.17) is 9.29 Å². The topological polar surface area (TPSA) is 75.6 Å². The average molecular weight is 422 g/mol. The van der Waals surface area contributed by atoms with E-state index in [1.807, 2.05) is 0 Å². The molecule has 0 saturated heterocycles. The van der Waals surface area contributed by atoms with Crippen molar-refractivity contribution in [3.63, 3.8) is 0 Å². The molecule has 0 radical (unpaired) electrons. The van der Waals surface area contributed by atoms with E-state index < -0.39 is 6.09 Å². The van der Waals surface area contributed by atoms with Gasteiger partial charge in [0.1, 0.15) is 0 Å². The van der Waals surface area contributed by atoms with Crippen molar-refractivity contribution in [2.75, 3.05) is 12.3 Å². The number of hydrogen-bond donors (Lipinski definition) is 2. The second-order valence-corrected chi connectivity index (χ2v) is 6.92. The Kier molecular flexibility index (Phi) is 20.4. The highest BCUT2D eigenvalue weighted by molar-refractivity contribution is 7.95. The summed E-state index contributed by atoms with van der Waals surface area (Å²) in [6.07, 6.45) is 27.4. The number of carboxylic acid groups (broad SMARTS) is 1. The molecule has 0 aromatic carbocycles. The minimum Gasteiger partial charge on any atom is -0.465 e. The van der Waals surface area contributed by atoms with Crippen molar-refractivity contribution in [2.24, 2.45) is 0 Å². The van der Waals surface area contributed by atoms with E-state index in [1.165, 1.54) is 0 Å². The van der Waals surface area contributed by atoms with E-state index in [0.717, 1.165) is 57.0 Å². The molecule has 0 aliphatic rings. The zero-order valence-corrected chi connectivity index (χ0v) is 18.2. The molecule has 0 aliphatic carbocycles. The molecule has 0 aliphatic heterocycles. The molecule has 2 N–H and O–H groups in total. The summed E-state index contributed by atoms with van der Waals surface area (Å²) in [5, 5.41) is 10.6. The summed E-state index contributed by atoms with van der Waals surface area (Å²) < 4.78 is 4.95. The van der Waals surface area contributed by atoms with E-state index in [9.17, 15) is 9.59 Å². The number of carbonyl (C=O) groups is 2. The molecule has 0 saturated carbocycles. The largest absolute Gasteiger partial charge is 0.465 e. The lowest BCUT2D eigenvalue weighted by atomic mass is 10.2. The molecule has 0 bridgehead atoms. The van der Waals surface area contributed by atoms with Crippen LogP contribution in [-0.2, 0) is 8.98 Å². The Hall–Kier alpha value is -2.21. The highest BCUT2D eigenvalue weighted by atomic mass is 32.2. The Morgan fingerprint density at radius 3 is 1.90 bits per heavy atom. The van der Waals surface area contributed by atoms with Crippen LogP contribution in [0, 0.1) is 0 Å². The Bertz CT molecular complexity index is 565. The maximum Gasteiger partial charge on any atom is 0.404 e. The van der Waals surface area contributed by atoms with E-state index in [-0.39, 0.29) is 12.5 Å². The minimum absolute atomic E-state index is 0.257. The molecule has 6 heteroatoms. The standard InChI is InChI=1S/C23H35NO4S/c1-2-3-4-5-6-7-8-9-10-11-12-13-14-15-16-17-18-19-22(25)28-29-21-20-24-23(26)27/h3-4,6-7,9-10,12-13,15-16,24H,2,5,8,11,14,17-21H2,1H3,(H,26,27)/b4-3-,7-6-,10-9-,13-12-,16-15-. The Morgan fingerprint density at radius 2 is 1.38 bits per heavy atom. The first-order chi connectivity index (χ1) is 14.2. The summed E-state index contributed by atoms with van der Waals surface area (Å²) in [5.41, 5.74) is 0. The summed E-state index contributed by atoms with van der Waals surface area (Å²) in [6, 6.07) is 0. The fraction of sp³-hybridized carbons (Fsp3) is 0.478. The first-order valence-corrected chi connectivity index (χ1v) is 11.1. The van der Waals surface area contributed by atoms with Gasteiger partial charge in [0, 0.05) is 18.7 Å². The van der Waals surface area contributed by atoms with Crippen LogP contribution >= 0.6 is 12.0 Å². The molecule has 0 heterocycles. The third-order valence-electron chi connectivity index (χ3n) is 3.52. The van der Waals surface area contributed by atoms with Gasteiger partial charge in [-0.2, -0.15) is 0 Å². The number of amides is 1. The van der Waals surface area contributed by atoms with Gasteiger partial charge in [0.25, 0.3) is 0 Å². The normalized spacial score (nSPS) is 12.2. The Balaban J connectivity index is 3.50. The van der Waals surface area contributed by atoms with Gasteiger partial charge >= 0.3 is 12.1 Å². The monoisotopic (exact) mass is 421 g/mol. The summed E-state index contributed by atoms with van der Waals surface area (Å²) in [4.78, 5) is 21.7. The molecule has 1 amide bonds. The van der Waals surface area contributed by atoms with Gasteiger partial charge in [0.15, 0.2) is 0 Å². The maximum absolute atomic E-state index is 11.5. The van der Waals surface area contributed by atoms with Crippen LogP contribution in [0.2, 0.25) is 0 Å². The highest BCUT2D eigenvalue weighted by Gasteiger charge is 2.03. The Morgan fingerprint density at radius 1 is 0.862 bits per heavy atom. The Labute approximate surface area is 179 Å². The van der Waals surface area contributed by atoms with Gasteiger partial charge in [0.2, 0.25) is 0 Å². The average Bonchev–Trinajstić information content (AvgIpc) is 2.69. The molecule has 0 rings (SSSR count). The van der Waals surface area contributed by atoms with Crippen molar-refractivity contribution < 1.29 is 18.9 Å². The SMILES string of the molecule is CC/C=C\C/C=C\C/C=C\C/C=C\C/C=C\CCCC(=O)OSCCNC(=O)O. The van der Waals surface area contributed by atoms with Crippen LogP contribution < -0.4 is 5.32 Å². The van der Waals surface area contributed by atoms with Crippen molar-refractivity contribution in [3.05, 3.63) is 60.8 Å². The van der Waals surface area contributed by atoms with E-state index in [1.54, 1.807) is 0 Å². The van der Waals surface area contributed by atoms with Crippen LogP contribution in [-0.4, -0.2) is 29.5 Å². The van der Waals surface area contributed by atoms with E-state index >= 15 is 0 Å². The van der Waals surface area contributed by atoms with E-state index in [2.05, 4.69) is 73.0 Å². The number of hydrogen-bond acceptors (Lipinski definition) is 4. The van der Waals surface area contributed by atoms with Gasteiger partial charge in [0.05, 0.1) is 12.0 Å². The van der Waals surface area contributed by atoms with Crippen molar-refractivity contribution in [2.45, 2.75) is 58.3 Å². The number of nitrogens with one attached hydrogen (secondary N) is 1. The van der Waals surface area contributed by atoms with Crippen molar-refractivity contribution in [1.29, 1.82) is 0 Å². The first kappa shape index (κ1) is 26.8. The lowest BCUT2D eigenvalue weighted by Gasteiger charge is -2.02. The minimum atomic E-state index is -1.08. The molecule has 0 atom stereocenters. The zero-order chi connectivity index (χ0) is 21.4. The first-order valence-electron chi connectivity index (χ1n) is 10.2. The third-order valence-corrected chi connectivity index (χ3v) is 4.20. The van der Waals surface area contributed by atoms with Crippen LogP contribution in [0.15, 0.2) is 60.8 Å². The lowest BCUT2D eigenvalue weighted by molar-refractivity contribution is -0.133. The van der Waals surface area contributed by atoms with Crippen LogP contribution in [0.25, 0.3) is 0 Å². The quantitative estimate of drug-likeness (QED) is 0.162. The fourth-order valence-corrected chi connectivity index (χ4v) is 2.57. The summed E-state index contributed by atoms with van der Waals surface area (Å²) in [5.74, 6) is 0.143. The van der Waals surface area contributed by atoms with Gasteiger partial charge < -0.3 is 14.6 Å². The molecule has 162 valence electrons. The molecule has 0 fully saturated rings. The second kappa shape index (κ2) is 22.1. The summed E-state index contributed by atoms with van der Waals surface area (Å²) in [7, 11) is 0. The van der Waals surface area contributed by atoms with Gasteiger partial charge in [-0.1, -0.05) is 67.7 Å². The predicted molar refractivity (Wildman–Crippen MR) is 123 cm³/mol. The third kappa shape index (κ3) is 23.8. The van der Waals surface area contributed by atoms with Gasteiger partial charge in [-0.3, -0.25) is 4.79 Å². The predicted octanol–water partition coefficient (Wildman–Crippen LogP) is 6.37. The van der Waals surface area contributed by atoms with Crippen molar-refractivity contribution in [1.82, 2.24) is 5.32 Å². The molecule has 29 heavy (non-hydrogen) atoms.